The van der Waals surface area contributed by atoms with Crippen LogP contribution in [0.2, 0.25) is 0 Å². The van der Waals surface area contributed by atoms with Crippen molar-refractivity contribution in [2.45, 2.75) is 39.2 Å². The average Bonchev–Trinajstić information content (AvgIpc) is 2.60. The average molecular weight is 230 g/mol. The second-order valence-electron chi connectivity index (χ2n) is 4.85. The number of aromatic nitrogens is 1. The zero-order chi connectivity index (χ0) is 12.4. The molecular formula is C15H22N2. The van der Waals surface area contributed by atoms with Gasteiger partial charge in [-0.2, -0.15) is 0 Å². The highest BCUT2D eigenvalue weighted by molar-refractivity contribution is 5.85. The lowest BCUT2D eigenvalue weighted by molar-refractivity contribution is 0.595. The van der Waals surface area contributed by atoms with Gasteiger partial charge in [-0.25, -0.2) is 0 Å². The van der Waals surface area contributed by atoms with Gasteiger partial charge in [-0.1, -0.05) is 25.1 Å². The number of hydrogen-bond acceptors (Lipinski definition) is 1. The Hall–Kier alpha value is -1.28. The van der Waals surface area contributed by atoms with Gasteiger partial charge < -0.3 is 10.3 Å². The number of fused-ring (bicyclic) bond motifs is 1. The summed E-state index contributed by atoms with van der Waals surface area (Å²) in [6.07, 6.45) is 3.22. The fourth-order valence-electron chi connectivity index (χ4n) is 2.45. The molecule has 1 atom stereocenters. The molecule has 2 N–H and O–H groups in total. The summed E-state index contributed by atoms with van der Waals surface area (Å²) < 4.78 is 2.28. The van der Waals surface area contributed by atoms with Gasteiger partial charge in [0.2, 0.25) is 0 Å². The number of nitrogens with two attached hydrogens (primary N) is 1. The van der Waals surface area contributed by atoms with E-state index in [1.54, 1.807) is 0 Å². The third kappa shape index (κ3) is 2.22. The molecule has 1 unspecified atom stereocenters. The second kappa shape index (κ2) is 4.92. The molecule has 0 saturated heterocycles. The standard InChI is InChI=1S/C15H22N2/c1-4-12(16)9-10-13-11(2)17(3)15-8-6-5-7-14(13)15/h5-8,12H,4,9-10,16H2,1-3H3. The third-order valence-corrected chi connectivity index (χ3v) is 3.82. The Morgan fingerprint density at radius 3 is 2.71 bits per heavy atom. The normalized spacial score (nSPS) is 13.2. The minimum atomic E-state index is 0.327. The number of aryl methyl sites for hydroxylation is 2. The molecule has 0 fully saturated rings. The summed E-state index contributed by atoms with van der Waals surface area (Å²) in [5.41, 5.74) is 10.2. The van der Waals surface area contributed by atoms with Crippen LogP contribution in [-0.4, -0.2) is 10.6 Å². The van der Waals surface area contributed by atoms with Crippen LogP contribution in [-0.2, 0) is 13.5 Å². The van der Waals surface area contributed by atoms with Gasteiger partial charge in [0.1, 0.15) is 0 Å². The summed E-state index contributed by atoms with van der Waals surface area (Å²) in [7, 11) is 2.14. The number of hydrogen-bond donors (Lipinski definition) is 1. The summed E-state index contributed by atoms with van der Waals surface area (Å²) in [5.74, 6) is 0. The van der Waals surface area contributed by atoms with Gasteiger partial charge in [-0.05, 0) is 37.8 Å². The number of nitrogens with zero attached hydrogens (tertiary/aromatic N) is 1. The van der Waals surface area contributed by atoms with Crippen LogP contribution in [0.3, 0.4) is 0 Å². The first-order valence-electron chi connectivity index (χ1n) is 6.43. The molecular weight excluding hydrogens is 208 g/mol. The maximum Gasteiger partial charge on any atom is 0.0482 e. The van der Waals surface area contributed by atoms with Crippen LogP contribution >= 0.6 is 0 Å². The first-order valence-corrected chi connectivity index (χ1v) is 6.43. The van der Waals surface area contributed by atoms with Gasteiger partial charge in [0.25, 0.3) is 0 Å². The highest BCUT2D eigenvalue weighted by Gasteiger charge is 2.11. The number of rotatable bonds is 4. The Morgan fingerprint density at radius 2 is 2.00 bits per heavy atom. The van der Waals surface area contributed by atoms with Crippen molar-refractivity contribution in [1.29, 1.82) is 0 Å². The first kappa shape index (κ1) is 12.2. The lowest BCUT2D eigenvalue weighted by Crippen LogP contribution is -2.19. The van der Waals surface area contributed by atoms with E-state index in [2.05, 4.69) is 49.7 Å². The summed E-state index contributed by atoms with van der Waals surface area (Å²) in [5, 5.41) is 1.39. The number of para-hydroxylation sites is 1. The molecule has 17 heavy (non-hydrogen) atoms. The van der Waals surface area contributed by atoms with E-state index in [9.17, 15) is 0 Å². The molecule has 0 aliphatic heterocycles. The van der Waals surface area contributed by atoms with Gasteiger partial charge in [-0.3, -0.25) is 0 Å². The molecule has 0 aliphatic rings. The lowest BCUT2D eigenvalue weighted by atomic mass is 10.0. The Bertz CT molecular complexity index is 511. The molecule has 0 bridgehead atoms. The monoisotopic (exact) mass is 230 g/mol. The smallest absolute Gasteiger partial charge is 0.0482 e. The van der Waals surface area contributed by atoms with Crippen LogP contribution in [0.25, 0.3) is 10.9 Å². The third-order valence-electron chi connectivity index (χ3n) is 3.82. The van der Waals surface area contributed by atoms with E-state index in [4.69, 9.17) is 5.73 Å². The Kier molecular flexibility index (Phi) is 3.53. The van der Waals surface area contributed by atoms with Gasteiger partial charge in [0.15, 0.2) is 0 Å². The van der Waals surface area contributed by atoms with Gasteiger partial charge in [0.05, 0.1) is 0 Å². The molecule has 1 heterocycles. The molecule has 0 saturated carbocycles. The van der Waals surface area contributed by atoms with Crippen LogP contribution < -0.4 is 5.73 Å². The highest BCUT2D eigenvalue weighted by atomic mass is 14.9. The van der Waals surface area contributed by atoms with Crippen molar-refractivity contribution in [2.75, 3.05) is 0 Å². The molecule has 0 aliphatic carbocycles. The van der Waals surface area contributed by atoms with Gasteiger partial charge >= 0.3 is 0 Å². The summed E-state index contributed by atoms with van der Waals surface area (Å²) in [6, 6.07) is 8.95. The van der Waals surface area contributed by atoms with Crippen molar-refractivity contribution in [1.82, 2.24) is 4.57 Å². The predicted octanol–water partition coefficient (Wildman–Crippen LogP) is 3.16. The van der Waals surface area contributed by atoms with Crippen molar-refractivity contribution < 1.29 is 0 Å². The molecule has 0 spiro atoms. The fraction of sp³-hybridized carbons (Fsp3) is 0.467. The molecule has 2 heteroatoms. The van der Waals surface area contributed by atoms with Crippen molar-refractivity contribution in [3.8, 4) is 0 Å². The van der Waals surface area contributed by atoms with Gasteiger partial charge in [0, 0.05) is 29.7 Å². The van der Waals surface area contributed by atoms with Crippen LogP contribution in [0, 0.1) is 6.92 Å². The SMILES string of the molecule is CCC(N)CCc1c(C)n(C)c2ccccc12. The maximum absolute atomic E-state index is 6.01. The zero-order valence-electron chi connectivity index (χ0n) is 11.0. The zero-order valence-corrected chi connectivity index (χ0v) is 11.0. The lowest BCUT2D eigenvalue weighted by Gasteiger charge is -2.08. The van der Waals surface area contributed by atoms with E-state index >= 15 is 0 Å². The number of benzene rings is 1. The molecule has 2 rings (SSSR count). The minimum absolute atomic E-state index is 0.327. The molecule has 0 radical (unpaired) electrons. The Morgan fingerprint density at radius 1 is 1.29 bits per heavy atom. The van der Waals surface area contributed by atoms with Crippen LogP contribution in [0.5, 0.6) is 0 Å². The van der Waals surface area contributed by atoms with Crippen LogP contribution in [0.15, 0.2) is 24.3 Å². The van der Waals surface area contributed by atoms with E-state index in [0.29, 0.717) is 6.04 Å². The summed E-state index contributed by atoms with van der Waals surface area (Å²) in [4.78, 5) is 0. The molecule has 92 valence electrons. The highest BCUT2D eigenvalue weighted by Crippen LogP contribution is 2.26. The summed E-state index contributed by atoms with van der Waals surface area (Å²) >= 11 is 0. The predicted molar refractivity (Wildman–Crippen MR) is 74.2 cm³/mol. The van der Waals surface area contributed by atoms with E-state index in [1.165, 1.54) is 22.2 Å². The van der Waals surface area contributed by atoms with Crippen molar-refractivity contribution in [2.24, 2.45) is 12.8 Å². The largest absolute Gasteiger partial charge is 0.348 e. The van der Waals surface area contributed by atoms with Crippen LogP contribution in [0.4, 0.5) is 0 Å². The molecule has 2 aromatic rings. The molecule has 0 amide bonds. The van der Waals surface area contributed by atoms with E-state index < -0.39 is 0 Å². The molecule has 1 aromatic carbocycles. The second-order valence-corrected chi connectivity index (χ2v) is 4.85. The maximum atomic E-state index is 6.01. The minimum Gasteiger partial charge on any atom is -0.348 e. The fourth-order valence-corrected chi connectivity index (χ4v) is 2.45. The van der Waals surface area contributed by atoms with Crippen molar-refractivity contribution >= 4 is 10.9 Å². The quantitative estimate of drug-likeness (QED) is 0.859. The van der Waals surface area contributed by atoms with Crippen molar-refractivity contribution in [3.63, 3.8) is 0 Å². The summed E-state index contributed by atoms with van der Waals surface area (Å²) in [6.45, 7) is 4.35. The topological polar surface area (TPSA) is 30.9 Å². The van der Waals surface area contributed by atoms with Crippen molar-refractivity contribution in [3.05, 3.63) is 35.5 Å². The Labute approximate surface area is 103 Å². The first-order chi connectivity index (χ1) is 8.15. The van der Waals surface area contributed by atoms with E-state index in [1.807, 2.05) is 0 Å². The molecule has 2 nitrogen and oxygen atoms in total. The molecule has 1 aromatic heterocycles. The van der Waals surface area contributed by atoms with E-state index in [0.717, 1.165) is 19.3 Å². The Balaban J connectivity index is 2.36. The van der Waals surface area contributed by atoms with Crippen LogP contribution in [0.1, 0.15) is 31.0 Å². The van der Waals surface area contributed by atoms with E-state index in [-0.39, 0.29) is 0 Å². The van der Waals surface area contributed by atoms with Gasteiger partial charge in [-0.15, -0.1) is 0 Å².